The molecule has 2 rings (SSSR count). The summed E-state index contributed by atoms with van der Waals surface area (Å²) in [5.74, 6) is 0. The smallest absolute Gasteiger partial charge is 0.00756 e. The van der Waals surface area contributed by atoms with E-state index < -0.39 is 0 Å². The van der Waals surface area contributed by atoms with Gasteiger partial charge in [-0.25, -0.2) is 0 Å². The summed E-state index contributed by atoms with van der Waals surface area (Å²) in [5.41, 5.74) is 3.38. The lowest BCUT2D eigenvalue weighted by Gasteiger charge is -2.27. The Labute approximate surface area is 99.3 Å². The molecule has 1 N–H and O–H groups in total. The van der Waals surface area contributed by atoms with Gasteiger partial charge in [-0.2, -0.15) is 0 Å². The summed E-state index contributed by atoms with van der Waals surface area (Å²) in [7, 11) is 0. The van der Waals surface area contributed by atoms with E-state index in [0.29, 0.717) is 5.41 Å². The van der Waals surface area contributed by atoms with Gasteiger partial charge >= 0.3 is 0 Å². The van der Waals surface area contributed by atoms with Crippen molar-refractivity contribution in [3.8, 4) is 0 Å². The molecular formula is C15H23N. The Morgan fingerprint density at radius 3 is 2.81 bits per heavy atom. The maximum atomic E-state index is 3.59. The van der Waals surface area contributed by atoms with E-state index in [2.05, 4.69) is 50.4 Å². The minimum atomic E-state index is 0.387. The first-order valence-corrected chi connectivity index (χ1v) is 6.45. The summed E-state index contributed by atoms with van der Waals surface area (Å²) in [6, 6.07) is 9.58. The third-order valence-electron chi connectivity index (χ3n) is 4.03. The zero-order chi connectivity index (χ0) is 11.6. The third kappa shape index (κ3) is 2.15. The normalized spacial score (nSPS) is 29.6. The number of rotatable bonds is 3. The first-order valence-electron chi connectivity index (χ1n) is 6.45. The van der Waals surface area contributed by atoms with Crippen molar-refractivity contribution in [3.63, 3.8) is 0 Å². The van der Waals surface area contributed by atoms with Crippen LogP contribution in [-0.4, -0.2) is 12.6 Å². The van der Waals surface area contributed by atoms with Gasteiger partial charge in [0.2, 0.25) is 0 Å². The van der Waals surface area contributed by atoms with Crippen LogP contribution < -0.4 is 5.32 Å². The van der Waals surface area contributed by atoms with E-state index in [-0.39, 0.29) is 0 Å². The lowest BCUT2D eigenvalue weighted by Crippen LogP contribution is -2.29. The topological polar surface area (TPSA) is 12.0 Å². The van der Waals surface area contributed by atoms with Crippen LogP contribution in [-0.2, 0) is 5.41 Å². The Morgan fingerprint density at radius 2 is 2.12 bits per heavy atom. The Morgan fingerprint density at radius 1 is 1.38 bits per heavy atom. The summed E-state index contributed by atoms with van der Waals surface area (Å²) < 4.78 is 0. The summed E-state index contributed by atoms with van der Waals surface area (Å²) in [6.45, 7) is 7.95. The van der Waals surface area contributed by atoms with Gasteiger partial charge in [0.05, 0.1) is 0 Å². The molecule has 0 saturated heterocycles. The average molecular weight is 217 g/mol. The zero-order valence-corrected chi connectivity index (χ0v) is 10.7. The number of aryl methyl sites for hydroxylation is 1. The highest BCUT2D eigenvalue weighted by Crippen LogP contribution is 2.41. The molecule has 1 saturated carbocycles. The molecule has 1 aromatic rings. The van der Waals surface area contributed by atoms with Gasteiger partial charge in [-0.05, 0) is 49.3 Å². The van der Waals surface area contributed by atoms with E-state index in [9.17, 15) is 0 Å². The van der Waals surface area contributed by atoms with Crippen LogP contribution in [0.1, 0.15) is 44.2 Å². The summed E-state index contributed by atoms with van der Waals surface area (Å²) in [6.07, 6.45) is 3.92. The van der Waals surface area contributed by atoms with E-state index in [4.69, 9.17) is 0 Å². The number of nitrogens with one attached hydrogen (secondary N) is 1. The van der Waals surface area contributed by atoms with Gasteiger partial charge in [0.15, 0.2) is 0 Å². The van der Waals surface area contributed by atoms with Gasteiger partial charge in [-0.15, -0.1) is 0 Å². The van der Waals surface area contributed by atoms with Crippen molar-refractivity contribution in [2.24, 2.45) is 0 Å². The van der Waals surface area contributed by atoms with Crippen LogP contribution in [0.3, 0.4) is 0 Å². The Balaban J connectivity index is 2.18. The fraction of sp³-hybridized carbons (Fsp3) is 0.600. The highest BCUT2D eigenvalue weighted by Gasteiger charge is 2.36. The molecule has 0 radical (unpaired) electrons. The number of hydrogen-bond donors (Lipinski definition) is 1. The average Bonchev–Trinajstić information content (AvgIpc) is 2.62. The summed E-state index contributed by atoms with van der Waals surface area (Å²) in [5, 5.41) is 3.59. The van der Waals surface area contributed by atoms with Crippen molar-refractivity contribution in [2.75, 3.05) is 6.54 Å². The van der Waals surface area contributed by atoms with Crippen molar-refractivity contribution in [3.05, 3.63) is 35.4 Å². The minimum absolute atomic E-state index is 0.387. The Kier molecular flexibility index (Phi) is 3.34. The first-order chi connectivity index (χ1) is 7.65. The predicted octanol–water partition coefficient (Wildman–Crippen LogP) is 3.41. The van der Waals surface area contributed by atoms with E-state index >= 15 is 0 Å². The molecule has 1 aliphatic carbocycles. The lowest BCUT2D eigenvalue weighted by atomic mass is 9.78. The lowest BCUT2D eigenvalue weighted by molar-refractivity contribution is 0.456. The number of benzene rings is 1. The molecule has 2 atom stereocenters. The van der Waals surface area contributed by atoms with Crippen LogP contribution in [0.25, 0.3) is 0 Å². The minimum Gasteiger partial charge on any atom is -0.314 e. The second-order valence-electron chi connectivity index (χ2n) is 5.37. The van der Waals surface area contributed by atoms with Crippen LogP contribution in [0.15, 0.2) is 24.3 Å². The van der Waals surface area contributed by atoms with E-state index in [1.54, 1.807) is 5.56 Å². The van der Waals surface area contributed by atoms with Crippen LogP contribution >= 0.6 is 0 Å². The van der Waals surface area contributed by atoms with Crippen LogP contribution in [0, 0.1) is 6.92 Å². The van der Waals surface area contributed by atoms with Gasteiger partial charge in [0, 0.05) is 6.04 Å². The highest BCUT2D eigenvalue weighted by molar-refractivity contribution is 5.34. The Bertz CT molecular complexity index is 358. The van der Waals surface area contributed by atoms with E-state index in [1.807, 2.05) is 0 Å². The fourth-order valence-electron chi connectivity index (χ4n) is 3.20. The molecule has 0 amide bonds. The van der Waals surface area contributed by atoms with Crippen LogP contribution in [0.5, 0.6) is 0 Å². The molecule has 0 spiro atoms. The van der Waals surface area contributed by atoms with Crippen LogP contribution in [0.4, 0.5) is 0 Å². The second kappa shape index (κ2) is 4.58. The molecule has 0 aliphatic heterocycles. The maximum Gasteiger partial charge on any atom is 0.00756 e. The maximum absolute atomic E-state index is 3.59. The molecule has 2 unspecified atom stereocenters. The van der Waals surface area contributed by atoms with E-state index in [1.165, 1.54) is 24.8 Å². The molecule has 1 heteroatoms. The largest absolute Gasteiger partial charge is 0.314 e. The molecule has 0 bridgehead atoms. The standard InChI is InChI=1S/C15H23N/c1-4-16-13-9-10-15(3,11-13)14-8-6-5-7-12(14)2/h5-8,13,16H,4,9-11H2,1-3H3. The fourth-order valence-corrected chi connectivity index (χ4v) is 3.20. The van der Waals surface area contributed by atoms with Crippen molar-refractivity contribution in [2.45, 2.75) is 51.5 Å². The van der Waals surface area contributed by atoms with Gasteiger partial charge in [-0.1, -0.05) is 38.1 Å². The molecule has 0 heterocycles. The molecular weight excluding hydrogens is 194 g/mol. The van der Waals surface area contributed by atoms with Crippen molar-refractivity contribution >= 4 is 0 Å². The monoisotopic (exact) mass is 217 g/mol. The zero-order valence-electron chi connectivity index (χ0n) is 10.7. The first kappa shape index (κ1) is 11.7. The van der Waals surface area contributed by atoms with E-state index in [0.717, 1.165) is 12.6 Å². The predicted molar refractivity (Wildman–Crippen MR) is 69.8 cm³/mol. The van der Waals surface area contributed by atoms with Crippen molar-refractivity contribution < 1.29 is 0 Å². The Hall–Kier alpha value is -0.820. The van der Waals surface area contributed by atoms with Gasteiger partial charge < -0.3 is 5.32 Å². The molecule has 1 nitrogen and oxygen atoms in total. The molecule has 0 aromatic heterocycles. The third-order valence-corrected chi connectivity index (χ3v) is 4.03. The van der Waals surface area contributed by atoms with Gasteiger partial charge in [-0.3, -0.25) is 0 Å². The molecule has 1 aliphatic rings. The summed E-state index contributed by atoms with van der Waals surface area (Å²) >= 11 is 0. The quantitative estimate of drug-likeness (QED) is 0.818. The summed E-state index contributed by atoms with van der Waals surface area (Å²) in [4.78, 5) is 0. The van der Waals surface area contributed by atoms with Gasteiger partial charge in [0.25, 0.3) is 0 Å². The molecule has 1 aromatic carbocycles. The van der Waals surface area contributed by atoms with Gasteiger partial charge in [0.1, 0.15) is 0 Å². The highest BCUT2D eigenvalue weighted by atomic mass is 14.9. The van der Waals surface area contributed by atoms with Crippen molar-refractivity contribution in [1.29, 1.82) is 0 Å². The molecule has 88 valence electrons. The van der Waals surface area contributed by atoms with Crippen molar-refractivity contribution in [1.82, 2.24) is 5.32 Å². The SMILES string of the molecule is CCNC1CCC(C)(c2ccccc2C)C1. The second-order valence-corrected chi connectivity index (χ2v) is 5.37. The molecule has 16 heavy (non-hydrogen) atoms. The molecule has 1 fully saturated rings. The number of hydrogen-bond acceptors (Lipinski definition) is 1. The van der Waals surface area contributed by atoms with Crippen LogP contribution in [0.2, 0.25) is 0 Å².